The van der Waals surface area contributed by atoms with Gasteiger partial charge in [0.15, 0.2) is 0 Å². The summed E-state index contributed by atoms with van der Waals surface area (Å²) in [4.78, 5) is 0.166. The topological polar surface area (TPSA) is 55.4 Å². The van der Waals surface area contributed by atoms with Crippen LogP contribution in [-0.4, -0.2) is 28.2 Å². The van der Waals surface area contributed by atoms with Gasteiger partial charge in [-0.3, -0.25) is 0 Å². The van der Waals surface area contributed by atoms with E-state index in [9.17, 15) is 8.42 Å². The van der Waals surface area contributed by atoms with Gasteiger partial charge in [0, 0.05) is 11.6 Å². The van der Waals surface area contributed by atoms with Gasteiger partial charge in [-0.15, -0.1) is 6.42 Å². The van der Waals surface area contributed by atoms with Crippen molar-refractivity contribution in [3.05, 3.63) is 28.2 Å². The average Bonchev–Trinajstić information content (AvgIpc) is 2.31. The van der Waals surface area contributed by atoms with E-state index in [0.717, 1.165) is 5.56 Å². The summed E-state index contributed by atoms with van der Waals surface area (Å²) in [5, 5.41) is 0. The van der Waals surface area contributed by atoms with Gasteiger partial charge in [-0.25, -0.2) is 8.42 Å². The van der Waals surface area contributed by atoms with Crippen molar-refractivity contribution in [1.82, 2.24) is 4.72 Å². The molecule has 0 saturated carbocycles. The van der Waals surface area contributed by atoms with E-state index in [1.807, 2.05) is 13.0 Å². The van der Waals surface area contributed by atoms with Crippen LogP contribution in [0.4, 0.5) is 0 Å². The van der Waals surface area contributed by atoms with E-state index in [1.54, 1.807) is 12.1 Å². The number of sulfonamides is 1. The molecule has 1 aromatic carbocycles. The number of hydrogen-bond acceptors (Lipinski definition) is 3. The first-order valence-corrected chi connectivity index (χ1v) is 7.42. The van der Waals surface area contributed by atoms with E-state index in [1.165, 1.54) is 7.11 Å². The average molecular weight is 332 g/mol. The van der Waals surface area contributed by atoms with Crippen LogP contribution in [0.15, 0.2) is 27.6 Å². The number of nitrogens with one attached hydrogen (secondary N) is 1. The van der Waals surface area contributed by atoms with Gasteiger partial charge in [-0.1, -0.05) is 12.0 Å². The summed E-state index contributed by atoms with van der Waals surface area (Å²) in [6.07, 6.45) is 5.24. The van der Waals surface area contributed by atoms with Crippen LogP contribution < -0.4 is 4.72 Å². The lowest BCUT2D eigenvalue weighted by molar-refractivity contribution is 0.190. The summed E-state index contributed by atoms with van der Waals surface area (Å²) in [6, 6.07) is 4.39. The zero-order valence-corrected chi connectivity index (χ0v) is 12.5. The minimum atomic E-state index is -3.67. The standard InChI is InChI=1S/C12H14BrNO3S/c1-4-10(8-17-3)14-18(15,16)12-7-9(2)5-6-11(12)13/h1,5-7,10,14H,8H2,2-3H3/t10-/m1/s1. The van der Waals surface area contributed by atoms with Gasteiger partial charge in [-0.05, 0) is 40.5 Å². The molecule has 0 aliphatic heterocycles. The van der Waals surface area contributed by atoms with Crippen molar-refractivity contribution in [2.24, 2.45) is 0 Å². The van der Waals surface area contributed by atoms with Crippen LogP contribution in [0, 0.1) is 19.3 Å². The van der Waals surface area contributed by atoms with E-state index in [2.05, 4.69) is 26.6 Å². The number of terminal acetylenes is 1. The Morgan fingerprint density at radius 2 is 2.22 bits per heavy atom. The Balaban J connectivity index is 3.07. The first-order chi connectivity index (χ1) is 8.40. The second kappa shape index (κ2) is 6.34. The molecule has 0 radical (unpaired) electrons. The molecular weight excluding hydrogens is 318 g/mol. The first kappa shape index (κ1) is 15.2. The molecule has 0 spiro atoms. The monoisotopic (exact) mass is 331 g/mol. The van der Waals surface area contributed by atoms with E-state index in [0.29, 0.717) is 4.47 Å². The normalized spacial score (nSPS) is 13.0. The number of ether oxygens (including phenoxy) is 1. The van der Waals surface area contributed by atoms with Crippen LogP contribution in [-0.2, 0) is 14.8 Å². The van der Waals surface area contributed by atoms with Crippen molar-refractivity contribution >= 4 is 26.0 Å². The quantitative estimate of drug-likeness (QED) is 0.835. The molecule has 0 saturated heterocycles. The highest BCUT2D eigenvalue weighted by atomic mass is 79.9. The van der Waals surface area contributed by atoms with E-state index < -0.39 is 16.1 Å². The molecular formula is C12H14BrNO3S. The zero-order valence-electron chi connectivity index (χ0n) is 10.1. The Morgan fingerprint density at radius 1 is 1.56 bits per heavy atom. The molecule has 0 unspecified atom stereocenters. The second-order valence-electron chi connectivity index (χ2n) is 3.73. The summed E-state index contributed by atoms with van der Waals surface area (Å²) < 4.78 is 32.1. The van der Waals surface area contributed by atoms with Crippen molar-refractivity contribution in [3.63, 3.8) is 0 Å². The number of hydrogen-bond donors (Lipinski definition) is 1. The van der Waals surface area contributed by atoms with Gasteiger partial charge in [0.25, 0.3) is 0 Å². The molecule has 1 aromatic rings. The van der Waals surface area contributed by atoms with E-state index in [4.69, 9.17) is 11.2 Å². The molecule has 1 rings (SSSR count). The number of rotatable bonds is 5. The fourth-order valence-corrected chi connectivity index (χ4v) is 3.54. The summed E-state index contributed by atoms with van der Waals surface area (Å²) in [6.45, 7) is 1.94. The number of benzene rings is 1. The van der Waals surface area contributed by atoms with Crippen molar-refractivity contribution in [2.75, 3.05) is 13.7 Å². The summed E-state index contributed by atoms with van der Waals surface area (Å²) >= 11 is 3.22. The molecule has 98 valence electrons. The molecule has 4 nitrogen and oxygen atoms in total. The molecule has 0 amide bonds. The van der Waals surface area contributed by atoms with Crippen LogP contribution >= 0.6 is 15.9 Å². The van der Waals surface area contributed by atoms with Crippen molar-refractivity contribution in [2.45, 2.75) is 17.9 Å². The van der Waals surface area contributed by atoms with Crippen LogP contribution in [0.3, 0.4) is 0 Å². The van der Waals surface area contributed by atoms with Crippen molar-refractivity contribution in [3.8, 4) is 12.3 Å². The van der Waals surface area contributed by atoms with Gasteiger partial charge >= 0.3 is 0 Å². The highest BCUT2D eigenvalue weighted by molar-refractivity contribution is 9.10. The highest BCUT2D eigenvalue weighted by Gasteiger charge is 2.21. The Labute approximate surface area is 116 Å². The number of halogens is 1. The molecule has 6 heteroatoms. The summed E-state index contributed by atoms with van der Waals surface area (Å²) in [5.41, 5.74) is 0.850. The molecule has 0 aliphatic rings. The summed E-state index contributed by atoms with van der Waals surface area (Å²) in [7, 11) is -2.21. The molecule has 0 bridgehead atoms. The van der Waals surface area contributed by atoms with E-state index in [-0.39, 0.29) is 11.5 Å². The minimum Gasteiger partial charge on any atom is -0.382 e. The van der Waals surface area contributed by atoms with Crippen LogP contribution in [0.5, 0.6) is 0 Å². The molecule has 18 heavy (non-hydrogen) atoms. The first-order valence-electron chi connectivity index (χ1n) is 5.14. The van der Waals surface area contributed by atoms with Gasteiger partial charge in [0.05, 0.1) is 11.5 Å². The largest absolute Gasteiger partial charge is 0.382 e. The Bertz CT molecular complexity index is 563. The Kier molecular flexibility index (Phi) is 5.35. The number of methoxy groups -OCH3 is 1. The lowest BCUT2D eigenvalue weighted by Crippen LogP contribution is -2.37. The molecule has 0 fully saturated rings. The molecule has 0 heterocycles. The smallest absolute Gasteiger partial charge is 0.242 e. The maximum atomic E-state index is 12.2. The lowest BCUT2D eigenvalue weighted by Gasteiger charge is -2.14. The maximum Gasteiger partial charge on any atom is 0.242 e. The van der Waals surface area contributed by atoms with Gasteiger partial charge in [0.2, 0.25) is 10.0 Å². The van der Waals surface area contributed by atoms with Gasteiger partial charge < -0.3 is 4.74 Å². The fourth-order valence-electron chi connectivity index (χ4n) is 1.35. The van der Waals surface area contributed by atoms with Gasteiger partial charge in [0.1, 0.15) is 6.04 Å². The third-order valence-corrected chi connectivity index (χ3v) is 4.67. The lowest BCUT2D eigenvalue weighted by atomic mass is 10.2. The van der Waals surface area contributed by atoms with Crippen molar-refractivity contribution in [1.29, 1.82) is 0 Å². The minimum absolute atomic E-state index is 0.124. The Hall–Kier alpha value is -0.870. The van der Waals surface area contributed by atoms with Gasteiger partial charge in [-0.2, -0.15) is 4.72 Å². The highest BCUT2D eigenvalue weighted by Crippen LogP contribution is 2.23. The molecule has 1 N–H and O–H groups in total. The summed E-state index contributed by atoms with van der Waals surface area (Å²) in [5.74, 6) is 2.33. The predicted octanol–water partition coefficient (Wildman–Crippen LogP) is 1.68. The Morgan fingerprint density at radius 3 is 2.78 bits per heavy atom. The predicted molar refractivity (Wildman–Crippen MR) is 73.7 cm³/mol. The van der Waals surface area contributed by atoms with E-state index >= 15 is 0 Å². The second-order valence-corrected chi connectivity index (χ2v) is 6.27. The fraction of sp³-hybridized carbons (Fsp3) is 0.333. The van der Waals surface area contributed by atoms with Crippen LogP contribution in [0.2, 0.25) is 0 Å². The van der Waals surface area contributed by atoms with Crippen LogP contribution in [0.1, 0.15) is 5.56 Å². The number of aryl methyl sites for hydroxylation is 1. The maximum absolute atomic E-state index is 12.2. The van der Waals surface area contributed by atoms with Crippen molar-refractivity contribution < 1.29 is 13.2 Å². The molecule has 0 aromatic heterocycles. The third kappa shape index (κ3) is 3.82. The SMILES string of the molecule is C#C[C@H](COC)NS(=O)(=O)c1cc(C)ccc1Br. The van der Waals surface area contributed by atoms with Crippen LogP contribution in [0.25, 0.3) is 0 Å². The zero-order chi connectivity index (χ0) is 13.8. The third-order valence-electron chi connectivity index (χ3n) is 2.21. The molecule has 0 aliphatic carbocycles. The molecule has 1 atom stereocenters.